The van der Waals surface area contributed by atoms with Gasteiger partial charge in [0.15, 0.2) is 0 Å². The topological polar surface area (TPSA) is 76.7 Å². The first kappa shape index (κ1) is 20.2. The second-order valence-electron chi connectivity index (χ2n) is 6.79. The fourth-order valence-electron chi connectivity index (χ4n) is 3.06. The van der Waals surface area contributed by atoms with Crippen molar-refractivity contribution in [3.05, 3.63) is 29.8 Å². The molecule has 1 amide bonds. The van der Waals surface area contributed by atoms with Gasteiger partial charge in [0.1, 0.15) is 5.75 Å². The first-order chi connectivity index (χ1) is 12.6. The van der Waals surface area contributed by atoms with Crippen LogP contribution >= 0.6 is 0 Å². The van der Waals surface area contributed by atoms with Crippen LogP contribution in [0.25, 0.3) is 0 Å². The van der Waals surface area contributed by atoms with E-state index in [1.807, 2.05) is 17.6 Å². The molecule has 0 bridgehead atoms. The molecule has 1 fully saturated rings. The number of carbonyl (C=O) groups excluding carboxylic acids is 2. The minimum Gasteiger partial charge on any atom is -0.494 e. The third-order valence-corrected chi connectivity index (χ3v) is 4.40. The van der Waals surface area contributed by atoms with Crippen molar-refractivity contribution in [2.24, 2.45) is 0 Å². The summed E-state index contributed by atoms with van der Waals surface area (Å²) < 4.78 is 5.80. The number of ether oxygens (including phenoxy) is 1. The van der Waals surface area contributed by atoms with E-state index in [0.717, 1.165) is 25.1 Å². The smallest absolute Gasteiger partial charge is 0.332 e. The standard InChI is InChI=1S/C20H30N2O4/c1-16(23)22-26-20(24)11-4-6-13-25-19-10-7-8-17(15-19)14-18-9-3-2-5-12-21-18/h7-8,10,15,18,21H,2-6,9,11-14H2,1H3,(H,22,23). The monoisotopic (exact) mass is 362 g/mol. The van der Waals surface area contributed by atoms with Crippen molar-refractivity contribution in [2.75, 3.05) is 13.2 Å². The lowest BCUT2D eigenvalue weighted by Crippen LogP contribution is -2.30. The highest BCUT2D eigenvalue weighted by Gasteiger charge is 2.12. The van der Waals surface area contributed by atoms with Gasteiger partial charge in [0.25, 0.3) is 0 Å². The summed E-state index contributed by atoms with van der Waals surface area (Å²) >= 11 is 0. The van der Waals surface area contributed by atoms with Crippen LogP contribution in [0.2, 0.25) is 0 Å². The van der Waals surface area contributed by atoms with Crippen LogP contribution in [0, 0.1) is 0 Å². The van der Waals surface area contributed by atoms with E-state index in [2.05, 4.69) is 22.3 Å². The number of carbonyl (C=O) groups is 2. The van der Waals surface area contributed by atoms with Crippen molar-refractivity contribution in [1.82, 2.24) is 10.8 Å². The van der Waals surface area contributed by atoms with Crippen LogP contribution in [0.5, 0.6) is 5.75 Å². The summed E-state index contributed by atoms with van der Waals surface area (Å²) in [6.45, 7) is 2.96. The maximum atomic E-state index is 11.4. The largest absolute Gasteiger partial charge is 0.494 e. The summed E-state index contributed by atoms with van der Waals surface area (Å²) in [7, 11) is 0. The predicted molar refractivity (Wildman–Crippen MR) is 99.7 cm³/mol. The number of hydrogen-bond acceptors (Lipinski definition) is 5. The quantitative estimate of drug-likeness (QED) is 0.549. The Morgan fingerprint density at radius 1 is 1.23 bits per heavy atom. The van der Waals surface area contributed by atoms with E-state index >= 15 is 0 Å². The van der Waals surface area contributed by atoms with Crippen molar-refractivity contribution in [1.29, 1.82) is 0 Å². The number of unbranched alkanes of at least 4 members (excludes halogenated alkanes) is 1. The Bertz CT molecular complexity index is 569. The molecule has 1 aromatic rings. The van der Waals surface area contributed by atoms with E-state index in [1.54, 1.807) is 0 Å². The highest BCUT2D eigenvalue weighted by molar-refractivity contribution is 5.75. The molecular weight excluding hydrogens is 332 g/mol. The molecule has 0 spiro atoms. The Morgan fingerprint density at radius 2 is 2.12 bits per heavy atom. The normalized spacial score (nSPS) is 17.2. The van der Waals surface area contributed by atoms with Gasteiger partial charge in [0.2, 0.25) is 5.91 Å². The molecule has 0 aromatic heterocycles. The fourth-order valence-corrected chi connectivity index (χ4v) is 3.06. The summed E-state index contributed by atoms with van der Waals surface area (Å²) in [5, 5.41) is 3.63. The second kappa shape index (κ2) is 11.5. The van der Waals surface area contributed by atoms with Gasteiger partial charge in [0.05, 0.1) is 6.61 Å². The fraction of sp³-hybridized carbons (Fsp3) is 0.600. The maximum Gasteiger partial charge on any atom is 0.332 e. The zero-order valence-corrected chi connectivity index (χ0v) is 15.6. The molecule has 1 atom stereocenters. The van der Waals surface area contributed by atoms with Gasteiger partial charge < -0.3 is 14.9 Å². The van der Waals surface area contributed by atoms with Crippen molar-refractivity contribution < 1.29 is 19.2 Å². The molecule has 1 saturated heterocycles. The minimum atomic E-state index is -0.432. The molecule has 1 aliphatic rings. The highest BCUT2D eigenvalue weighted by Crippen LogP contribution is 2.18. The molecule has 0 saturated carbocycles. The summed E-state index contributed by atoms with van der Waals surface area (Å²) in [5.41, 5.74) is 3.32. The third-order valence-electron chi connectivity index (χ3n) is 4.40. The molecule has 2 N–H and O–H groups in total. The van der Waals surface area contributed by atoms with Crippen LogP contribution in [0.15, 0.2) is 24.3 Å². The molecular formula is C20H30N2O4. The lowest BCUT2D eigenvalue weighted by molar-refractivity contribution is -0.157. The van der Waals surface area contributed by atoms with Crippen LogP contribution in [0.3, 0.4) is 0 Å². The maximum absolute atomic E-state index is 11.4. The predicted octanol–water partition coefficient (Wildman–Crippen LogP) is 2.90. The second-order valence-corrected chi connectivity index (χ2v) is 6.79. The molecule has 2 rings (SSSR count). The Morgan fingerprint density at radius 3 is 2.96 bits per heavy atom. The lowest BCUT2D eigenvalue weighted by Gasteiger charge is -2.16. The number of nitrogens with one attached hydrogen (secondary N) is 2. The average molecular weight is 362 g/mol. The minimum absolute atomic E-state index is 0.261. The zero-order valence-electron chi connectivity index (χ0n) is 15.6. The zero-order chi connectivity index (χ0) is 18.6. The van der Waals surface area contributed by atoms with Gasteiger partial charge in [-0.1, -0.05) is 25.0 Å². The number of rotatable bonds is 8. The first-order valence-corrected chi connectivity index (χ1v) is 9.55. The first-order valence-electron chi connectivity index (χ1n) is 9.55. The van der Waals surface area contributed by atoms with Crippen LogP contribution in [-0.4, -0.2) is 31.1 Å². The number of hydroxylamine groups is 1. The highest BCUT2D eigenvalue weighted by atomic mass is 16.7. The Balaban J connectivity index is 1.65. The van der Waals surface area contributed by atoms with Gasteiger partial charge >= 0.3 is 5.97 Å². The molecule has 144 valence electrons. The average Bonchev–Trinajstić information content (AvgIpc) is 2.89. The molecule has 1 aromatic carbocycles. The van der Waals surface area contributed by atoms with Gasteiger partial charge in [-0.25, -0.2) is 4.79 Å². The molecule has 0 radical (unpaired) electrons. The van der Waals surface area contributed by atoms with Gasteiger partial charge in [-0.15, -0.1) is 0 Å². The molecule has 0 aliphatic carbocycles. The van der Waals surface area contributed by atoms with E-state index in [-0.39, 0.29) is 12.3 Å². The summed E-state index contributed by atoms with van der Waals surface area (Å²) in [6.07, 6.45) is 7.85. The van der Waals surface area contributed by atoms with E-state index in [1.165, 1.54) is 38.2 Å². The van der Waals surface area contributed by atoms with Crippen molar-refractivity contribution in [2.45, 2.75) is 64.3 Å². The molecule has 6 heteroatoms. The Kier molecular flexibility index (Phi) is 8.96. The third kappa shape index (κ3) is 8.34. The lowest BCUT2D eigenvalue weighted by atomic mass is 10.0. The van der Waals surface area contributed by atoms with E-state index in [0.29, 0.717) is 19.1 Å². The molecule has 1 unspecified atom stereocenters. The number of benzene rings is 1. The van der Waals surface area contributed by atoms with Gasteiger partial charge in [-0.05, 0) is 56.3 Å². The summed E-state index contributed by atoms with van der Waals surface area (Å²) in [5.74, 6) is 0.0515. The molecule has 1 heterocycles. The molecule has 6 nitrogen and oxygen atoms in total. The van der Waals surface area contributed by atoms with Gasteiger partial charge in [0, 0.05) is 19.4 Å². The van der Waals surface area contributed by atoms with Crippen LogP contribution in [0.1, 0.15) is 57.4 Å². The Labute approximate surface area is 155 Å². The SMILES string of the molecule is CC(=O)NOC(=O)CCCCOc1cccc(CC2CCCCCN2)c1. The number of hydrogen-bond donors (Lipinski definition) is 2. The number of amides is 1. The Hall–Kier alpha value is -2.08. The van der Waals surface area contributed by atoms with Gasteiger partial charge in [-0.2, -0.15) is 5.48 Å². The van der Waals surface area contributed by atoms with E-state index < -0.39 is 5.97 Å². The van der Waals surface area contributed by atoms with Crippen LogP contribution in [-0.2, 0) is 20.8 Å². The summed E-state index contributed by atoms with van der Waals surface area (Å²) in [6, 6.07) is 8.82. The summed E-state index contributed by atoms with van der Waals surface area (Å²) in [4.78, 5) is 26.6. The van der Waals surface area contributed by atoms with Crippen molar-refractivity contribution >= 4 is 11.9 Å². The van der Waals surface area contributed by atoms with Crippen molar-refractivity contribution in [3.63, 3.8) is 0 Å². The van der Waals surface area contributed by atoms with E-state index in [4.69, 9.17) is 4.74 Å². The van der Waals surface area contributed by atoms with Crippen LogP contribution < -0.4 is 15.5 Å². The van der Waals surface area contributed by atoms with Crippen molar-refractivity contribution in [3.8, 4) is 5.75 Å². The van der Waals surface area contributed by atoms with Gasteiger partial charge in [-0.3, -0.25) is 4.79 Å². The molecule has 1 aliphatic heterocycles. The van der Waals surface area contributed by atoms with Crippen LogP contribution in [0.4, 0.5) is 0 Å². The molecule has 26 heavy (non-hydrogen) atoms. The van der Waals surface area contributed by atoms with E-state index in [9.17, 15) is 9.59 Å².